The van der Waals surface area contributed by atoms with Crippen molar-refractivity contribution in [3.05, 3.63) is 45.0 Å². The van der Waals surface area contributed by atoms with Gasteiger partial charge in [-0.2, -0.15) is 13.2 Å². The average Bonchev–Trinajstić information content (AvgIpc) is 2.18. The van der Waals surface area contributed by atoms with Crippen molar-refractivity contribution in [3.8, 4) is 0 Å². The molecule has 0 radical (unpaired) electrons. The molecule has 0 amide bonds. The number of alkyl halides is 3. The van der Waals surface area contributed by atoms with Crippen molar-refractivity contribution >= 4 is 0 Å². The lowest BCUT2D eigenvalue weighted by Gasteiger charge is -2.13. The molecule has 0 fully saturated rings. The molecule has 0 N–H and O–H groups in total. The van der Waals surface area contributed by atoms with Crippen molar-refractivity contribution in [1.82, 2.24) is 0 Å². The Morgan fingerprint density at radius 3 is 2.59 bits per heavy atom. The van der Waals surface area contributed by atoms with Gasteiger partial charge in [0.25, 0.3) is 5.09 Å². The van der Waals surface area contributed by atoms with Crippen LogP contribution in [0, 0.1) is 17.0 Å². The summed E-state index contributed by atoms with van der Waals surface area (Å²) >= 11 is 0. The smallest absolute Gasteiger partial charge is 0.314 e. The van der Waals surface area contributed by atoms with Gasteiger partial charge in [-0.25, -0.2) is 0 Å². The SMILES string of the molecule is Cc1c(CCO[N+](=O)[O-])cccc1C(F)(F)F. The molecule has 4 nitrogen and oxygen atoms in total. The highest BCUT2D eigenvalue weighted by molar-refractivity contribution is 5.36. The number of benzene rings is 1. The summed E-state index contributed by atoms with van der Waals surface area (Å²) < 4.78 is 37.6. The van der Waals surface area contributed by atoms with Gasteiger partial charge >= 0.3 is 6.18 Å². The normalized spacial score (nSPS) is 11.3. The highest BCUT2D eigenvalue weighted by atomic mass is 19.4. The monoisotopic (exact) mass is 249 g/mol. The Bertz CT molecular complexity index is 418. The molecule has 1 aromatic carbocycles. The van der Waals surface area contributed by atoms with E-state index in [0.717, 1.165) is 6.07 Å². The van der Waals surface area contributed by atoms with Crippen LogP contribution in [-0.4, -0.2) is 11.7 Å². The van der Waals surface area contributed by atoms with Crippen molar-refractivity contribution in [2.45, 2.75) is 19.5 Å². The Balaban J connectivity index is 2.84. The second kappa shape index (κ2) is 5.03. The van der Waals surface area contributed by atoms with Gasteiger partial charge in [0.05, 0.1) is 5.56 Å². The Morgan fingerprint density at radius 1 is 1.41 bits per heavy atom. The van der Waals surface area contributed by atoms with E-state index in [9.17, 15) is 23.3 Å². The summed E-state index contributed by atoms with van der Waals surface area (Å²) in [4.78, 5) is 14.0. The quantitative estimate of drug-likeness (QED) is 0.609. The molecule has 0 aliphatic rings. The van der Waals surface area contributed by atoms with Crippen LogP contribution in [0.5, 0.6) is 0 Å². The summed E-state index contributed by atoms with van der Waals surface area (Å²) in [6.45, 7) is 1.08. The third-order valence-electron chi connectivity index (χ3n) is 2.32. The first-order valence-corrected chi connectivity index (χ1v) is 4.75. The number of rotatable bonds is 4. The number of halogens is 3. The second-order valence-corrected chi connectivity index (χ2v) is 3.39. The lowest BCUT2D eigenvalue weighted by Crippen LogP contribution is -2.11. The molecule has 94 valence electrons. The van der Waals surface area contributed by atoms with Crippen LogP contribution in [0.15, 0.2) is 18.2 Å². The van der Waals surface area contributed by atoms with E-state index in [1.54, 1.807) is 0 Å². The molecule has 0 unspecified atom stereocenters. The van der Waals surface area contributed by atoms with E-state index < -0.39 is 16.8 Å². The number of hydrogen-bond donors (Lipinski definition) is 0. The molecule has 0 saturated heterocycles. The van der Waals surface area contributed by atoms with E-state index in [-0.39, 0.29) is 18.6 Å². The zero-order valence-corrected chi connectivity index (χ0v) is 8.95. The van der Waals surface area contributed by atoms with Gasteiger partial charge in [0.2, 0.25) is 0 Å². The number of hydrogen-bond acceptors (Lipinski definition) is 3. The van der Waals surface area contributed by atoms with Gasteiger partial charge in [-0.1, -0.05) is 12.1 Å². The maximum Gasteiger partial charge on any atom is 0.416 e. The Morgan fingerprint density at radius 2 is 2.06 bits per heavy atom. The third-order valence-corrected chi connectivity index (χ3v) is 2.32. The molecule has 17 heavy (non-hydrogen) atoms. The molecular formula is C10H10F3NO3. The summed E-state index contributed by atoms with van der Waals surface area (Å²) in [5.74, 6) is 0. The van der Waals surface area contributed by atoms with Gasteiger partial charge < -0.3 is 4.84 Å². The first-order valence-electron chi connectivity index (χ1n) is 4.75. The maximum absolute atomic E-state index is 12.5. The Labute approximate surface area is 95.1 Å². The standard InChI is InChI=1S/C10H10F3NO3/c1-7-8(5-6-17-14(15)16)3-2-4-9(7)10(11,12)13/h2-4H,5-6H2,1H3. The molecule has 0 spiro atoms. The third kappa shape index (κ3) is 3.61. The van der Waals surface area contributed by atoms with Crippen LogP contribution >= 0.6 is 0 Å². The summed E-state index contributed by atoms with van der Waals surface area (Å²) in [5, 5.41) is 8.93. The van der Waals surface area contributed by atoms with E-state index in [0.29, 0.717) is 5.56 Å². The fourth-order valence-corrected chi connectivity index (χ4v) is 1.49. The van der Waals surface area contributed by atoms with Gasteiger partial charge in [-0.3, -0.25) is 0 Å². The highest BCUT2D eigenvalue weighted by Crippen LogP contribution is 2.32. The van der Waals surface area contributed by atoms with Gasteiger partial charge in [0, 0.05) is 0 Å². The Kier molecular flexibility index (Phi) is 3.93. The molecule has 0 aliphatic heterocycles. The molecule has 7 heteroatoms. The van der Waals surface area contributed by atoms with E-state index in [2.05, 4.69) is 4.84 Å². The maximum atomic E-state index is 12.5. The van der Waals surface area contributed by atoms with Crippen LogP contribution in [0.25, 0.3) is 0 Å². The summed E-state index contributed by atoms with van der Waals surface area (Å²) in [7, 11) is 0. The van der Waals surface area contributed by atoms with Crippen molar-refractivity contribution in [1.29, 1.82) is 0 Å². The lowest BCUT2D eigenvalue weighted by atomic mass is 10.00. The van der Waals surface area contributed by atoms with Crippen LogP contribution < -0.4 is 0 Å². The van der Waals surface area contributed by atoms with Gasteiger partial charge in [0.15, 0.2) is 0 Å². The minimum atomic E-state index is -4.41. The lowest BCUT2D eigenvalue weighted by molar-refractivity contribution is -0.757. The fraction of sp³-hybridized carbons (Fsp3) is 0.400. The van der Waals surface area contributed by atoms with E-state index in [4.69, 9.17) is 0 Å². The average molecular weight is 249 g/mol. The highest BCUT2D eigenvalue weighted by Gasteiger charge is 2.32. The summed E-state index contributed by atoms with van der Waals surface area (Å²) in [5.41, 5.74) is -0.260. The van der Waals surface area contributed by atoms with Crippen LogP contribution in [0.2, 0.25) is 0 Å². The van der Waals surface area contributed by atoms with Crippen molar-refractivity contribution in [2.24, 2.45) is 0 Å². The first-order chi connectivity index (χ1) is 7.82. The Hall–Kier alpha value is -1.79. The van der Waals surface area contributed by atoms with Crippen molar-refractivity contribution in [3.63, 3.8) is 0 Å². The summed E-state index contributed by atoms with van der Waals surface area (Å²) in [6.07, 6.45) is -4.35. The zero-order chi connectivity index (χ0) is 13.1. The zero-order valence-electron chi connectivity index (χ0n) is 8.95. The van der Waals surface area contributed by atoms with Gasteiger partial charge in [-0.15, -0.1) is 10.1 Å². The molecule has 0 bridgehead atoms. The van der Waals surface area contributed by atoms with E-state index in [1.807, 2.05) is 0 Å². The minimum absolute atomic E-state index is 0.0662. The molecule has 0 heterocycles. The minimum Gasteiger partial charge on any atom is -0.314 e. The first kappa shape index (κ1) is 13.3. The molecule has 1 rings (SSSR count). The van der Waals surface area contributed by atoms with Gasteiger partial charge in [-0.05, 0) is 30.5 Å². The van der Waals surface area contributed by atoms with E-state index in [1.165, 1.54) is 19.1 Å². The number of nitrogens with zero attached hydrogens (tertiary/aromatic N) is 1. The predicted molar refractivity (Wildman–Crippen MR) is 52.8 cm³/mol. The van der Waals surface area contributed by atoms with Crippen LogP contribution in [0.3, 0.4) is 0 Å². The van der Waals surface area contributed by atoms with Crippen LogP contribution in [-0.2, 0) is 17.4 Å². The van der Waals surface area contributed by atoms with Gasteiger partial charge in [0.1, 0.15) is 6.61 Å². The molecule has 1 aromatic rings. The topological polar surface area (TPSA) is 52.4 Å². The fourth-order valence-electron chi connectivity index (χ4n) is 1.49. The van der Waals surface area contributed by atoms with Crippen molar-refractivity contribution < 1.29 is 23.1 Å². The predicted octanol–water partition coefficient (Wildman–Crippen LogP) is 2.76. The molecule has 0 aromatic heterocycles. The van der Waals surface area contributed by atoms with E-state index >= 15 is 0 Å². The second-order valence-electron chi connectivity index (χ2n) is 3.39. The largest absolute Gasteiger partial charge is 0.416 e. The van der Waals surface area contributed by atoms with Crippen molar-refractivity contribution in [2.75, 3.05) is 6.61 Å². The molecular weight excluding hydrogens is 239 g/mol. The van der Waals surface area contributed by atoms with Crippen LogP contribution in [0.1, 0.15) is 16.7 Å². The molecule has 0 atom stereocenters. The van der Waals surface area contributed by atoms with Crippen LogP contribution in [0.4, 0.5) is 13.2 Å². The molecule has 0 saturated carbocycles. The summed E-state index contributed by atoms with van der Waals surface area (Å²) in [6, 6.07) is 3.75. The molecule has 0 aliphatic carbocycles.